The van der Waals surface area contributed by atoms with E-state index in [1.807, 2.05) is 29.2 Å². The van der Waals surface area contributed by atoms with Crippen LogP contribution in [0.15, 0.2) is 24.3 Å². The minimum Gasteiger partial charge on any atom is -0.395 e. The third-order valence-corrected chi connectivity index (χ3v) is 6.96. The van der Waals surface area contributed by atoms with Gasteiger partial charge in [0.1, 0.15) is 0 Å². The number of rotatable bonds is 6. The predicted octanol–water partition coefficient (Wildman–Crippen LogP) is 2.01. The second kappa shape index (κ2) is 9.87. The fourth-order valence-corrected chi connectivity index (χ4v) is 5.43. The predicted molar refractivity (Wildman–Crippen MR) is 117 cm³/mol. The van der Waals surface area contributed by atoms with E-state index in [0.717, 1.165) is 41.6 Å². The van der Waals surface area contributed by atoms with Crippen molar-refractivity contribution in [3.05, 3.63) is 34.7 Å². The van der Waals surface area contributed by atoms with Crippen LogP contribution in [0.4, 0.5) is 0 Å². The average molecular weight is 432 g/mol. The number of carbonyl (C=O) groups is 2. The Kier molecular flexibility index (Phi) is 6.99. The summed E-state index contributed by atoms with van der Waals surface area (Å²) in [7, 11) is 0. The zero-order chi connectivity index (χ0) is 20.9. The first-order valence-electron chi connectivity index (χ1n) is 10.7. The molecule has 0 spiro atoms. The highest BCUT2D eigenvalue weighted by atomic mass is 32.1. The van der Waals surface area contributed by atoms with Gasteiger partial charge in [-0.1, -0.05) is 18.2 Å². The Morgan fingerprint density at radius 2 is 1.97 bits per heavy atom. The number of thiophene rings is 1. The summed E-state index contributed by atoms with van der Waals surface area (Å²) < 4.78 is 7.13. The molecule has 1 aromatic carbocycles. The van der Waals surface area contributed by atoms with Gasteiger partial charge in [-0.2, -0.15) is 0 Å². The fourth-order valence-electron chi connectivity index (χ4n) is 4.26. The number of amides is 2. The number of likely N-dealkylation sites (tertiary alicyclic amines) is 1. The molecule has 162 valence electrons. The van der Waals surface area contributed by atoms with E-state index in [-0.39, 0.29) is 31.1 Å². The van der Waals surface area contributed by atoms with Gasteiger partial charge in [-0.05, 0) is 30.7 Å². The van der Waals surface area contributed by atoms with Crippen LogP contribution in [0.5, 0.6) is 0 Å². The number of aliphatic hydroxyl groups excluding tert-OH is 1. The van der Waals surface area contributed by atoms with E-state index >= 15 is 0 Å². The van der Waals surface area contributed by atoms with Crippen molar-refractivity contribution in [3.63, 3.8) is 0 Å². The highest BCUT2D eigenvalue weighted by Gasteiger charge is 2.31. The summed E-state index contributed by atoms with van der Waals surface area (Å²) in [5, 5.41) is 12.9. The number of aliphatic hydroxyl groups is 1. The Balaban J connectivity index is 1.53. The molecule has 30 heavy (non-hydrogen) atoms. The summed E-state index contributed by atoms with van der Waals surface area (Å²) in [5.74, 6) is -0.00296. The summed E-state index contributed by atoms with van der Waals surface area (Å²) in [4.78, 5) is 30.2. The number of hydrogen-bond acceptors (Lipinski definition) is 6. The van der Waals surface area contributed by atoms with Gasteiger partial charge in [0.05, 0.1) is 30.7 Å². The molecule has 8 heteroatoms. The third kappa shape index (κ3) is 4.67. The number of morpholine rings is 1. The van der Waals surface area contributed by atoms with Crippen LogP contribution in [0.25, 0.3) is 10.1 Å². The highest BCUT2D eigenvalue weighted by Crippen LogP contribution is 2.38. The lowest BCUT2D eigenvalue weighted by atomic mass is 10.0. The van der Waals surface area contributed by atoms with Gasteiger partial charge in [0, 0.05) is 43.0 Å². The molecule has 1 aromatic heterocycles. The third-order valence-electron chi connectivity index (χ3n) is 5.78. The molecule has 3 heterocycles. The van der Waals surface area contributed by atoms with Gasteiger partial charge in [-0.15, -0.1) is 11.3 Å². The Bertz CT molecular complexity index is 894. The first-order valence-corrected chi connectivity index (χ1v) is 11.5. The van der Waals surface area contributed by atoms with Gasteiger partial charge in [0.15, 0.2) is 0 Å². The summed E-state index contributed by atoms with van der Waals surface area (Å²) in [6.07, 6.45) is 3.12. The Morgan fingerprint density at radius 1 is 1.17 bits per heavy atom. The van der Waals surface area contributed by atoms with Crippen molar-refractivity contribution in [2.45, 2.75) is 25.4 Å². The average Bonchev–Trinajstić information content (AvgIpc) is 3.18. The van der Waals surface area contributed by atoms with Crippen molar-refractivity contribution in [3.8, 4) is 0 Å². The van der Waals surface area contributed by atoms with Crippen LogP contribution in [0.3, 0.4) is 0 Å². The van der Waals surface area contributed by atoms with Crippen molar-refractivity contribution in [1.29, 1.82) is 0 Å². The largest absolute Gasteiger partial charge is 0.395 e. The van der Waals surface area contributed by atoms with Gasteiger partial charge in [0.25, 0.3) is 5.91 Å². The standard InChI is InChI=1S/C22H29N3O4S/c26-12-8-23-22(28)21-20(16-6-2-3-7-18(16)30-21)17-14-24(11-13-29-17)15-19(27)25-9-4-1-5-10-25/h2-3,6-7,17,26H,1,4-5,8-15H2,(H,23,28)/t17-/m0/s1. The first kappa shape index (κ1) is 21.2. The Hall–Kier alpha value is -2.00. The van der Waals surface area contributed by atoms with Gasteiger partial charge in [-0.3, -0.25) is 14.5 Å². The van der Waals surface area contributed by atoms with Gasteiger partial charge >= 0.3 is 0 Å². The quantitative estimate of drug-likeness (QED) is 0.731. The molecule has 0 unspecified atom stereocenters. The van der Waals surface area contributed by atoms with Gasteiger partial charge in [0.2, 0.25) is 5.91 Å². The molecule has 2 amide bonds. The zero-order valence-corrected chi connectivity index (χ0v) is 18.0. The molecule has 1 atom stereocenters. The van der Waals surface area contributed by atoms with Crippen LogP contribution >= 0.6 is 11.3 Å². The molecule has 0 saturated carbocycles. The molecular weight excluding hydrogens is 402 g/mol. The highest BCUT2D eigenvalue weighted by molar-refractivity contribution is 7.21. The van der Waals surface area contributed by atoms with Crippen LogP contribution in [0.2, 0.25) is 0 Å². The number of nitrogens with zero attached hydrogens (tertiary/aromatic N) is 2. The normalized spacial score (nSPS) is 20.4. The van der Waals surface area contributed by atoms with E-state index < -0.39 is 0 Å². The SMILES string of the molecule is O=C(NCCO)c1sc2ccccc2c1[C@@H]1CN(CC(=O)N2CCCCC2)CCO1. The smallest absolute Gasteiger partial charge is 0.261 e. The maximum absolute atomic E-state index is 12.8. The number of carbonyl (C=O) groups excluding carboxylic acids is 2. The molecule has 0 aliphatic carbocycles. The van der Waals surface area contributed by atoms with Crippen LogP contribution in [0.1, 0.15) is 40.6 Å². The molecule has 2 aliphatic heterocycles. The number of hydrogen-bond donors (Lipinski definition) is 2. The number of ether oxygens (including phenoxy) is 1. The number of nitrogens with one attached hydrogen (secondary N) is 1. The lowest BCUT2D eigenvalue weighted by Crippen LogP contribution is -2.47. The van der Waals surface area contributed by atoms with Crippen molar-refractivity contribution >= 4 is 33.2 Å². The van der Waals surface area contributed by atoms with E-state index in [2.05, 4.69) is 10.2 Å². The summed E-state index contributed by atoms with van der Waals surface area (Å²) >= 11 is 1.45. The van der Waals surface area contributed by atoms with E-state index in [0.29, 0.717) is 31.1 Å². The lowest BCUT2D eigenvalue weighted by molar-refractivity contribution is -0.135. The lowest BCUT2D eigenvalue weighted by Gasteiger charge is -2.35. The summed E-state index contributed by atoms with van der Waals surface area (Å²) in [6, 6.07) is 7.95. The van der Waals surface area contributed by atoms with Crippen LogP contribution in [0, 0.1) is 0 Å². The maximum Gasteiger partial charge on any atom is 0.261 e. The van der Waals surface area contributed by atoms with Crippen molar-refractivity contribution < 1.29 is 19.4 Å². The molecule has 2 N–H and O–H groups in total. The first-order chi connectivity index (χ1) is 14.7. The number of piperidine rings is 1. The van der Waals surface area contributed by atoms with Gasteiger partial charge < -0.3 is 20.1 Å². The Labute approximate surface area is 180 Å². The zero-order valence-electron chi connectivity index (χ0n) is 17.1. The topological polar surface area (TPSA) is 82.1 Å². The van der Waals surface area contributed by atoms with Crippen molar-refractivity contribution in [2.75, 3.05) is 52.5 Å². The number of benzene rings is 1. The van der Waals surface area contributed by atoms with E-state index in [4.69, 9.17) is 9.84 Å². The molecule has 2 saturated heterocycles. The molecule has 4 rings (SSSR count). The van der Waals surface area contributed by atoms with Crippen LogP contribution in [-0.4, -0.2) is 79.2 Å². The summed E-state index contributed by atoms with van der Waals surface area (Å²) in [6.45, 7) is 4.05. The van der Waals surface area contributed by atoms with Crippen molar-refractivity contribution in [1.82, 2.24) is 15.1 Å². The van der Waals surface area contributed by atoms with Gasteiger partial charge in [-0.25, -0.2) is 0 Å². The molecule has 2 aromatic rings. The van der Waals surface area contributed by atoms with E-state index in [1.165, 1.54) is 17.8 Å². The molecule has 0 bridgehead atoms. The molecule has 2 fully saturated rings. The monoisotopic (exact) mass is 431 g/mol. The van der Waals surface area contributed by atoms with Crippen LogP contribution in [-0.2, 0) is 9.53 Å². The maximum atomic E-state index is 12.8. The van der Waals surface area contributed by atoms with E-state index in [1.54, 1.807) is 0 Å². The fraction of sp³-hybridized carbons (Fsp3) is 0.545. The second-order valence-corrected chi connectivity index (χ2v) is 8.91. The molecule has 2 aliphatic rings. The summed E-state index contributed by atoms with van der Waals surface area (Å²) in [5.41, 5.74) is 0.890. The molecular formula is C22H29N3O4S. The van der Waals surface area contributed by atoms with Crippen molar-refractivity contribution in [2.24, 2.45) is 0 Å². The van der Waals surface area contributed by atoms with E-state index in [9.17, 15) is 9.59 Å². The minimum absolute atomic E-state index is 0.0989. The second-order valence-electron chi connectivity index (χ2n) is 7.86. The Morgan fingerprint density at radius 3 is 2.77 bits per heavy atom. The van der Waals surface area contributed by atoms with Crippen LogP contribution < -0.4 is 5.32 Å². The minimum atomic E-state index is -0.265. The molecule has 7 nitrogen and oxygen atoms in total. The molecule has 0 radical (unpaired) electrons. The number of fused-ring (bicyclic) bond motifs is 1.